The number of likely N-dealkylation sites (tertiary alicyclic amines) is 1. The average Bonchev–Trinajstić information content (AvgIpc) is 2.89. The Kier molecular flexibility index (Phi) is 11.8. The van der Waals surface area contributed by atoms with E-state index in [4.69, 9.17) is 5.41 Å². The van der Waals surface area contributed by atoms with E-state index in [1.54, 1.807) is 26.1 Å². The van der Waals surface area contributed by atoms with E-state index in [9.17, 15) is 26.7 Å². The van der Waals surface area contributed by atoms with E-state index < -0.39 is 60.4 Å². The van der Waals surface area contributed by atoms with Gasteiger partial charge in [-0.1, -0.05) is 19.9 Å². The Morgan fingerprint density at radius 1 is 1.34 bits per heavy atom. The molecular weight excluding hydrogens is 545 g/mol. The Bertz CT molecular complexity index is 1140. The molecule has 3 unspecified atom stereocenters. The van der Waals surface area contributed by atoms with Crippen LogP contribution in [0.25, 0.3) is 0 Å². The zero-order valence-electron chi connectivity index (χ0n) is 24.2. The van der Waals surface area contributed by atoms with Gasteiger partial charge in [0.05, 0.1) is 18.2 Å². The van der Waals surface area contributed by atoms with E-state index in [0.717, 1.165) is 11.0 Å². The SMILES string of the molecule is C\C=C(/C=N\C(NCC1C(C)CC(F)(F)CN1C(=O)C(=N)/C(=C\NC(C)C)C1N=CC=CN1)=C(\C)CC)C(F)(F)F. The zero-order chi connectivity index (χ0) is 31.0. The maximum absolute atomic E-state index is 14.8. The number of halogens is 5. The van der Waals surface area contributed by atoms with E-state index in [-0.39, 0.29) is 24.0 Å². The molecule has 8 nitrogen and oxygen atoms in total. The molecule has 2 aliphatic heterocycles. The van der Waals surface area contributed by atoms with Crippen molar-refractivity contribution in [3.8, 4) is 0 Å². The third-order valence-electron chi connectivity index (χ3n) is 6.77. The van der Waals surface area contributed by atoms with Gasteiger partial charge >= 0.3 is 6.18 Å². The highest BCUT2D eigenvalue weighted by molar-refractivity contribution is 6.44. The maximum Gasteiger partial charge on any atom is 0.417 e. The van der Waals surface area contributed by atoms with Gasteiger partial charge in [-0.25, -0.2) is 13.8 Å². The van der Waals surface area contributed by atoms with Crippen LogP contribution in [0.2, 0.25) is 0 Å². The van der Waals surface area contributed by atoms with Crippen LogP contribution in [-0.2, 0) is 4.79 Å². The Hall–Kier alpha value is -3.51. The van der Waals surface area contributed by atoms with Crippen molar-refractivity contribution in [2.45, 2.75) is 84.7 Å². The van der Waals surface area contributed by atoms with Crippen LogP contribution in [0.15, 0.2) is 57.1 Å². The van der Waals surface area contributed by atoms with Gasteiger partial charge in [-0.05, 0) is 57.9 Å². The van der Waals surface area contributed by atoms with Gasteiger partial charge in [0, 0.05) is 43.2 Å². The van der Waals surface area contributed by atoms with Crippen LogP contribution in [-0.4, -0.2) is 72.4 Å². The molecule has 41 heavy (non-hydrogen) atoms. The summed E-state index contributed by atoms with van der Waals surface area (Å²) >= 11 is 0. The molecule has 4 N–H and O–H groups in total. The third kappa shape index (κ3) is 9.53. The summed E-state index contributed by atoms with van der Waals surface area (Å²) in [5.74, 6) is -4.61. The second kappa shape index (κ2) is 14.4. The lowest BCUT2D eigenvalue weighted by Crippen LogP contribution is -2.60. The van der Waals surface area contributed by atoms with Gasteiger partial charge in [0.25, 0.3) is 11.8 Å². The van der Waals surface area contributed by atoms with Crippen molar-refractivity contribution in [2.24, 2.45) is 15.9 Å². The molecule has 0 saturated carbocycles. The molecule has 0 bridgehead atoms. The molecule has 2 heterocycles. The van der Waals surface area contributed by atoms with E-state index >= 15 is 0 Å². The number of carbonyl (C=O) groups is 1. The lowest BCUT2D eigenvalue weighted by molar-refractivity contribution is -0.145. The van der Waals surface area contributed by atoms with E-state index in [2.05, 4.69) is 25.9 Å². The highest BCUT2D eigenvalue weighted by atomic mass is 19.4. The van der Waals surface area contributed by atoms with Crippen molar-refractivity contribution in [2.75, 3.05) is 13.1 Å². The molecular formula is C28H40F5N7O. The number of alkyl halides is 5. The van der Waals surface area contributed by atoms with Crippen molar-refractivity contribution in [1.82, 2.24) is 20.9 Å². The molecule has 0 aromatic heterocycles. The molecule has 0 spiro atoms. The monoisotopic (exact) mass is 585 g/mol. The van der Waals surface area contributed by atoms with Gasteiger partial charge in [0.2, 0.25) is 0 Å². The van der Waals surface area contributed by atoms with Gasteiger partial charge in [-0.2, -0.15) is 13.2 Å². The number of allylic oxidation sites excluding steroid dienone is 4. The van der Waals surface area contributed by atoms with Gasteiger partial charge in [0.15, 0.2) is 0 Å². The number of hydrogen-bond donors (Lipinski definition) is 4. The molecule has 2 rings (SSSR count). The predicted octanol–water partition coefficient (Wildman–Crippen LogP) is 5.08. The molecule has 1 saturated heterocycles. The fraction of sp³-hybridized carbons (Fsp3) is 0.571. The van der Waals surface area contributed by atoms with Crippen LogP contribution >= 0.6 is 0 Å². The van der Waals surface area contributed by atoms with Crippen molar-refractivity contribution in [1.29, 1.82) is 5.41 Å². The largest absolute Gasteiger partial charge is 0.417 e. The first-order chi connectivity index (χ1) is 19.1. The summed E-state index contributed by atoms with van der Waals surface area (Å²) < 4.78 is 69.1. The fourth-order valence-electron chi connectivity index (χ4n) is 4.35. The van der Waals surface area contributed by atoms with Crippen LogP contribution in [0, 0.1) is 11.3 Å². The maximum atomic E-state index is 14.8. The highest BCUT2D eigenvalue weighted by Gasteiger charge is 2.47. The predicted molar refractivity (Wildman–Crippen MR) is 152 cm³/mol. The van der Waals surface area contributed by atoms with Crippen LogP contribution in [0.4, 0.5) is 22.0 Å². The van der Waals surface area contributed by atoms with E-state index in [1.165, 1.54) is 19.3 Å². The number of rotatable bonds is 11. The number of nitrogens with zero attached hydrogens (tertiary/aromatic N) is 3. The Labute approximate surface area is 238 Å². The fourth-order valence-corrected chi connectivity index (χ4v) is 4.35. The van der Waals surface area contributed by atoms with Gasteiger partial charge < -0.3 is 20.9 Å². The number of hydrogen-bond acceptors (Lipinski definition) is 7. The summed E-state index contributed by atoms with van der Waals surface area (Å²) in [4.78, 5) is 22.9. The molecule has 13 heteroatoms. The highest BCUT2D eigenvalue weighted by Crippen LogP contribution is 2.35. The smallest absolute Gasteiger partial charge is 0.388 e. The van der Waals surface area contributed by atoms with Crippen molar-refractivity contribution in [3.63, 3.8) is 0 Å². The lowest BCUT2D eigenvalue weighted by Gasteiger charge is -2.44. The zero-order valence-corrected chi connectivity index (χ0v) is 24.2. The first-order valence-electron chi connectivity index (χ1n) is 13.5. The summed E-state index contributed by atoms with van der Waals surface area (Å²) in [6.45, 7) is 9.13. The molecule has 1 fully saturated rings. The Morgan fingerprint density at radius 3 is 2.56 bits per heavy atom. The van der Waals surface area contributed by atoms with E-state index in [1.807, 2.05) is 20.8 Å². The number of nitrogens with one attached hydrogen (secondary N) is 4. The third-order valence-corrected chi connectivity index (χ3v) is 6.77. The molecule has 0 radical (unpaired) electrons. The van der Waals surface area contributed by atoms with Gasteiger partial charge in [0.1, 0.15) is 17.7 Å². The topological polar surface area (TPSA) is 105 Å². The minimum absolute atomic E-state index is 0.0275. The summed E-state index contributed by atoms with van der Waals surface area (Å²) in [7, 11) is 0. The van der Waals surface area contributed by atoms with Crippen molar-refractivity contribution < 1.29 is 26.7 Å². The number of carbonyl (C=O) groups excluding carboxylic acids is 1. The molecule has 228 valence electrons. The summed E-state index contributed by atoms with van der Waals surface area (Å²) in [5, 5.41) is 17.7. The molecule has 0 aliphatic carbocycles. The molecule has 1 amide bonds. The summed E-state index contributed by atoms with van der Waals surface area (Å²) in [6, 6.07) is -0.816. The summed E-state index contributed by atoms with van der Waals surface area (Å²) in [6.07, 6.45) is 2.48. The second-order valence-corrected chi connectivity index (χ2v) is 10.4. The normalized spacial score (nSPS) is 23.9. The standard InChI is InChI=1S/C28H40F5N7O/c1-7-18(5)24(38-13-20(8-2)28(31,32)33)39-15-22-19(6)12-27(29,30)16-40(22)26(41)23(34)21(14-37-17(3)4)25-35-10-9-11-36-25/h8-11,13-14,17,19,22,25,34-35,37,39H,7,12,15-16H2,1-6H3/b20-8+,21-14+,24-18+,34-23?,38-13-. The molecule has 0 aromatic rings. The summed E-state index contributed by atoms with van der Waals surface area (Å²) in [5.41, 5.74) is -0.604. The Balaban J connectivity index is 2.38. The van der Waals surface area contributed by atoms with Crippen LogP contribution in [0.3, 0.4) is 0 Å². The van der Waals surface area contributed by atoms with Crippen LogP contribution in [0.5, 0.6) is 0 Å². The van der Waals surface area contributed by atoms with Gasteiger partial charge in [-0.15, -0.1) is 0 Å². The number of piperidine rings is 1. The van der Waals surface area contributed by atoms with E-state index in [0.29, 0.717) is 18.2 Å². The molecule has 0 aromatic carbocycles. The quantitative estimate of drug-likeness (QED) is 0.200. The minimum atomic E-state index is -4.58. The number of aliphatic imine (C=N–C) groups is 2. The average molecular weight is 586 g/mol. The van der Waals surface area contributed by atoms with Crippen LogP contribution in [0.1, 0.15) is 54.4 Å². The Morgan fingerprint density at radius 2 is 2.02 bits per heavy atom. The molecule has 2 aliphatic rings. The van der Waals surface area contributed by atoms with Gasteiger partial charge in [-0.3, -0.25) is 15.2 Å². The van der Waals surface area contributed by atoms with Crippen LogP contribution < -0.4 is 16.0 Å². The molecule has 3 atom stereocenters. The van der Waals surface area contributed by atoms with Crippen molar-refractivity contribution >= 4 is 24.0 Å². The lowest BCUT2D eigenvalue weighted by atomic mass is 9.87. The first-order valence-corrected chi connectivity index (χ1v) is 13.5. The second-order valence-electron chi connectivity index (χ2n) is 10.4. The first kappa shape index (κ1) is 33.7. The van der Waals surface area contributed by atoms with Crippen molar-refractivity contribution in [3.05, 3.63) is 47.1 Å². The minimum Gasteiger partial charge on any atom is -0.388 e. The number of amides is 1.